The Balaban J connectivity index is 2.11. The zero-order valence-electron chi connectivity index (χ0n) is 9.56. The van der Waals surface area contributed by atoms with Crippen molar-refractivity contribution >= 4 is 29.5 Å². The summed E-state index contributed by atoms with van der Waals surface area (Å²) >= 11 is 11.8. The van der Waals surface area contributed by atoms with Gasteiger partial charge >= 0.3 is 0 Å². The van der Waals surface area contributed by atoms with Crippen LogP contribution in [0.5, 0.6) is 5.75 Å². The monoisotopic (exact) mass is 284 g/mol. The molecule has 0 unspecified atom stereocenters. The molecule has 18 heavy (non-hydrogen) atoms. The van der Waals surface area contributed by atoms with Gasteiger partial charge in [-0.1, -0.05) is 23.2 Å². The molecule has 94 valence electrons. The maximum Gasteiger partial charge on any atom is 0.150 e. The number of aromatic nitrogens is 2. The molecule has 2 aromatic rings. The number of nitrogens with zero attached hydrogens (tertiary/aromatic N) is 2. The van der Waals surface area contributed by atoms with Crippen molar-refractivity contribution in [2.75, 3.05) is 0 Å². The average Bonchev–Trinajstić information content (AvgIpc) is 2.68. The second-order valence-electron chi connectivity index (χ2n) is 3.65. The fraction of sp³-hybridized carbons (Fsp3) is 0.167. The molecule has 0 fully saturated rings. The lowest BCUT2D eigenvalue weighted by atomic mass is 10.2. The van der Waals surface area contributed by atoms with Gasteiger partial charge < -0.3 is 9.30 Å². The fourth-order valence-corrected chi connectivity index (χ4v) is 1.80. The number of hydrogen-bond donors (Lipinski definition) is 0. The quantitative estimate of drug-likeness (QED) is 0.811. The van der Waals surface area contributed by atoms with E-state index in [4.69, 9.17) is 27.9 Å². The molecule has 0 saturated carbocycles. The highest BCUT2D eigenvalue weighted by Crippen LogP contribution is 2.25. The van der Waals surface area contributed by atoms with Gasteiger partial charge in [0, 0.05) is 12.6 Å². The minimum Gasteiger partial charge on any atom is -0.484 e. The first-order chi connectivity index (χ1) is 8.61. The van der Waals surface area contributed by atoms with Gasteiger partial charge in [0.25, 0.3) is 0 Å². The fourth-order valence-electron chi connectivity index (χ4n) is 1.41. The lowest BCUT2D eigenvalue weighted by Crippen LogP contribution is -2.04. The van der Waals surface area contributed by atoms with E-state index >= 15 is 0 Å². The summed E-state index contributed by atoms with van der Waals surface area (Å²) in [5.74, 6) is 1.19. The Morgan fingerprint density at radius 1 is 1.44 bits per heavy atom. The van der Waals surface area contributed by atoms with Crippen LogP contribution < -0.4 is 4.74 Å². The predicted molar refractivity (Wildman–Crippen MR) is 69.4 cm³/mol. The minimum atomic E-state index is 0.253. The molecule has 0 amide bonds. The van der Waals surface area contributed by atoms with Crippen LogP contribution in [0.3, 0.4) is 0 Å². The maximum atomic E-state index is 10.6. The standard InChI is InChI=1S/C12H10Cl2N2O2/c1-16-11(14)5-15-12(16)7-18-10-3-2-8(6-17)4-9(10)13/h2-6H,7H2,1H3. The van der Waals surface area contributed by atoms with Crippen molar-refractivity contribution in [1.82, 2.24) is 9.55 Å². The number of carbonyl (C=O) groups is 1. The molecule has 0 radical (unpaired) electrons. The molecule has 0 aliphatic heterocycles. The molecule has 0 aliphatic rings. The highest BCUT2D eigenvalue weighted by molar-refractivity contribution is 6.32. The van der Waals surface area contributed by atoms with E-state index < -0.39 is 0 Å². The summed E-state index contributed by atoms with van der Waals surface area (Å²) in [4.78, 5) is 14.7. The van der Waals surface area contributed by atoms with Crippen molar-refractivity contribution in [2.24, 2.45) is 7.05 Å². The predicted octanol–water partition coefficient (Wildman–Crippen LogP) is 3.12. The van der Waals surface area contributed by atoms with Gasteiger partial charge in [0.1, 0.15) is 29.6 Å². The first-order valence-corrected chi connectivity index (χ1v) is 5.91. The third-order valence-corrected chi connectivity index (χ3v) is 3.12. The van der Waals surface area contributed by atoms with Gasteiger partial charge in [-0.05, 0) is 18.2 Å². The van der Waals surface area contributed by atoms with E-state index in [2.05, 4.69) is 4.98 Å². The van der Waals surface area contributed by atoms with Gasteiger partial charge in [-0.3, -0.25) is 4.79 Å². The third-order valence-electron chi connectivity index (χ3n) is 2.48. The number of aldehydes is 1. The van der Waals surface area contributed by atoms with Crippen LogP contribution in [0, 0.1) is 0 Å². The summed E-state index contributed by atoms with van der Waals surface area (Å²) in [6.07, 6.45) is 2.28. The molecule has 6 heteroatoms. The zero-order chi connectivity index (χ0) is 13.1. The molecule has 0 saturated heterocycles. The maximum absolute atomic E-state index is 10.6. The van der Waals surface area contributed by atoms with Gasteiger partial charge in [-0.2, -0.15) is 0 Å². The van der Waals surface area contributed by atoms with Gasteiger partial charge in [0.05, 0.1) is 11.2 Å². The smallest absolute Gasteiger partial charge is 0.150 e. The SMILES string of the molecule is Cn1c(Cl)cnc1COc1ccc(C=O)cc1Cl. The molecule has 1 heterocycles. The molecule has 0 spiro atoms. The van der Waals surface area contributed by atoms with Crippen LogP contribution in [0.25, 0.3) is 0 Å². The van der Waals surface area contributed by atoms with E-state index in [9.17, 15) is 4.79 Å². The number of imidazole rings is 1. The molecular weight excluding hydrogens is 275 g/mol. The summed E-state index contributed by atoms with van der Waals surface area (Å²) in [5.41, 5.74) is 0.507. The topological polar surface area (TPSA) is 44.1 Å². The molecule has 0 N–H and O–H groups in total. The first-order valence-electron chi connectivity index (χ1n) is 5.15. The van der Waals surface area contributed by atoms with E-state index in [-0.39, 0.29) is 6.61 Å². The number of halogens is 2. The average molecular weight is 285 g/mol. The molecule has 1 aromatic heterocycles. The minimum absolute atomic E-state index is 0.253. The number of rotatable bonds is 4. The van der Waals surface area contributed by atoms with Gasteiger partial charge in [0.2, 0.25) is 0 Å². The third kappa shape index (κ3) is 2.66. The van der Waals surface area contributed by atoms with Crippen LogP contribution in [-0.2, 0) is 13.7 Å². The summed E-state index contributed by atoms with van der Waals surface area (Å²) < 4.78 is 7.24. The molecule has 0 atom stereocenters. The molecule has 0 bridgehead atoms. The van der Waals surface area contributed by atoms with Crippen molar-refractivity contribution in [3.63, 3.8) is 0 Å². The summed E-state index contributed by atoms with van der Waals surface area (Å²) in [6, 6.07) is 4.84. The molecular formula is C12H10Cl2N2O2. The van der Waals surface area contributed by atoms with Crippen LogP contribution >= 0.6 is 23.2 Å². The van der Waals surface area contributed by atoms with Gasteiger partial charge in [-0.15, -0.1) is 0 Å². The summed E-state index contributed by atoms with van der Waals surface area (Å²) in [5, 5.41) is 0.927. The molecule has 0 aliphatic carbocycles. The first kappa shape index (κ1) is 12.9. The highest BCUT2D eigenvalue weighted by atomic mass is 35.5. The second-order valence-corrected chi connectivity index (χ2v) is 4.45. The van der Waals surface area contributed by atoms with Crippen molar-refractivity contribution in [1.29, 1.82) is 0 Å². The Morgan fingerprint density at radius 2 is 2.22 bits per heavy atom. The van der Waals surface area contributed by atoms with E-state index in [0.29, 0.717) is 27.3 Å². The Morgan fingerprint density at radius 3 is 2.78 bits per heavy atom. The lowest BCUT2D eigenvalue weighted by molar-refractivity contribution is 0.112. The van der Waals surface area contributed by atoms with E-state index in [1.54, 1.807) is 36.0 Å². The Labute approximate surface area is 114 Å². The van der Waals surface area contributed by atoms with E-state index in [1.807, 2.05) is 0 Å². The van der Waals surface area contributed by atoms with Crippen LogP contribution in [0.1, 0.15) is 16.2 Å². The zero-order valence-corrected chi connectivity index (χ0v) is 11.1. The number of carbonyl (C=O) groups excluding carboxylic acids is 1. The number of benzene rings is 1. The second kappa shape index (κ2) is 5.42. The van der Waals surface area contributed by atoms with Crippen molar-refractivity contribution in [3.8, 4) is 5.75 Å². The van der Waals surface area contributed by atoms with E-state index in [0.717, 1.165) is 6.29 Å². The van der Waals surface area contributed by atoms with Crippen molar-refractivity contribution in [2.45, 2.75) is 6.61 Å². The van der Waals surface area contributed by atoms with E-state index in [1.165, 1.54) is 0 Å². The van der Waals surface area contributed by atoms with Crippen LogP contribution in [0.4, 0.5) is 0 Å². The van der Waals surface area contributed by atoms with Crippen molar-refractivity contribution in [3.05, 3.63) is 46.0 Å². The van der Waals surface area contributed by atoms with Gasteiger partial charge in [0.15, 0.2) is 0 Å². The van der Waals surface area contributed by atoms with Crippen molar-refractivity contribution < 1.29 is 9.53 Å². The summed E-state index contributed by atoms with van der Waals surface area (Å²) in [6.45, 7) is 0.253. The Kier molecular flexibility index (Phi) is 3.89. The van der Waals surface area contributed by atoms with Gasteiger partial charge in [-0.25, -0.2) is 4.98 Å². The van der Waals surface area contributed by atoms with Crippen LogP contribution in [0.2, 0.25) is 10.2 Å². The normalized spacial score (nSPS) is 10.4. The lowest BCUT2D eigenvalue weighted by Gasteiger charge is -2.08. The molecule has 2 rings (SSSR count). The van der Waals surface area contributed by atoms with Crippen LogP contribution in [-0.4, -0.2) is 15.8 Å². The summed E-state index contributed by atoms with van der Waals surface area (Å²) in [7, 11) is 1.80. The Hall–Kier alpha value is -1.52. The molecule has 4 nitrogen and oxygen atoms in total. The highest BCUT2D eigenvalue weighted by Gasteiger charge is 2.07. The number of hydrogen-bond acceptors (Lipinski definition) is 3. The number of ether oxygens (including phenoxy) is 1. The van der Waals surface area contributed by atoms with Crippen LogP contribution in [0.15, 0.2) is 24.4 Å². The Bertz CT molecular complexity index is 581. The largest absolute Gasteiger partial charge is 0.484 e. The molecule has 1 aromatic carbocycles.